The molecule has 0 aliphatic carbocycles. The van der Waals surface area contributed by atoms with E-state index in [1.807, 2.05) is 13.0 Å². The van der Waals surface area contributed by atoms with Crippen molar-refractivity contribution in [2.24, 2.45) is 0 Å². The number of amides is 1. The van der Waals surface area contributed by atoms with Gasteiger partial charge in [-0.2, -0.15) is 0 Å². The van der Waals surface area contributed by atoms with Gasteiger partial charge >= 0.3 is 0 Å². The Balaban J connectivity index is 3.01. The van der Waals surface area contributed by atoms with Crippen molar-refractivity contribution in [3.05, 3.63) is 28.2 Å². The van der Waals surface area contributed by atoms with E-state index in [0.717, 1.165) is 16.3 Å². The number of sulfonamides is 1. The molecule has 0 unspecified atom stereocenters. The van der Waals surface area contributed by atoms with E-state index in [2.05, 4.69) is 21.2 Å². The zero-order valence-electron chi connectivity index (χ0n) is 11.1. The molecule has 0 saturated heterocycles. The molecule has 0 radical (unpaired) electrons. The van der Waals surface area contributed by atoms with Crippen LogP contribution < -0.4 is 9.62 Å². The lowest BCUT2D eigenvalue weighted by Gasteiger charge is -2.24. The van der Waals surface area contributed by atoms with Crippen LogP contribution in [-0.4, -0.2) is 33.7 Å². The van der Waals surface area contributed by atoms with Gasteiger partial charge in [-0.3, -0.25) is 9.10 Å². The molecule has 0 atom stereocenters. The predicted molar refractivity (Wildman–Crippen MR) is 79.8 cm³/mol. The Morgan fingerprint density at radius 2 is 2.05 bits per heavy atom. The first-order valence-corrected chi connectivity index (χ1v) is 8.34. The van der Waals surface area contributed by atoms with Crippen molar-refractivity contribution in [3.8, 4) is 0 Å². The third-order valence-electron chi connectivity index (χ3n) is 2.52. The lowest BCUT2D eigenvalue weighted by Crippen LogP contribution is -2.37. The van der Waals surface area contributed by atoms with E-state index < -0.39 is 10.0 Å². The first-order chi connectivity index (χ1) is 8.71. The number of nitrogens with zero attached hydrogens (tertiary/aromatic N) is 1. The number of hydrogen-bond donors (Lipinski definition) is 1. The number of nitrogens with one attached hydrogen (secondary N) is 1. The predicted octanol–water partition coefficient (Wildman–Crippen LogP) is 1.66. The van der Waals surface area contributed by atoms with Gasteiger partial charge in [0.1, 0.15) is 0 Å². The van der Waals surface area contributed by atoms with E-state index in [-0.39, 0.29) is 19.0 Å². The fourth-order valence-electron chi connectivity index (χ4n) is 1.70. The normalized spacial score (nSPS) is 11.2. The number of benzene rings is 1. The highest BCUT2D eigenvalue weighted by Crippen LogP contribution is 2.25. The summed E-state index contributed by atoms with van der Waals surface area (Å²) in [7, 11) is -3.38. The van der Waals surface area contributed by atoms with Crippen LogP contribution in [0.4, 0.5) is 5.69 Å². The molecular weight excluding hydrogens is 332 g/mol. The molecule has 1 rings (SSSR count). The molecule has 19 heavy (non-hydrogen) atoms. The molecule has 0 fully saturated rings. The Labute approximate surface area is 122 Å². The van der Waals surface area contributed by atoms with Crippen molar-refractivity contribution in [1.29, 1.82) is 0 Å². The molecule has 106 valence electrons. The summed E-state index contributed by atoms with van der Waals surface area (Å²) in [6, 6.07) is 5.39. The first kappa shape index (κ1) is 16.0. The fraction of sp³-hybridized carbons (Fsp3) is 0.417. The lowest BCUT2D eigenvalue weighted by molar-refractivity contribution is -0.118. The summed E-state index contributed by atoms with van der Waals surface area (Å²) in [5.41, 5.74) is 1.47. The highest BCUT2D eigenvalue weighted by molar-refractivity contribution is 9.10. The van der Waals surface area contributed by atoms with E-state index in [4.69, 9.17) is 0 Å². The van der Waals surface area contributed by atoms with E-state index in [1.165, 1.54) is 11.2 Å². The van der Waals surface area contributed by atoms with Gasteiger partial charge in [0.25, 0.3) is 0 Å². The third kappa shape index (κ3) is 4.83. The Hall–Kier alpha value is -1.08. The summed E-state index contributed by atoms with van der Waals surface area (Å²) in [4.78, 5) is 10.8. The van der Waals surface area contributed by atoms with Crippen LogP contribution in [0.15, 0.2) is 22.7 Å². The van der Waals surface area contributed by atoms with Crippen LogP contribution in [0.1, 0.15) is 12.5 Å². The first-order valence-electron chi connectivity index (χ1n) is 5.70. The third-order valence-corrected chi connectivity index (χ3v) is 4.19. The molecule has 0 spiro atoms. The Morgan fingerprint density at radius 3 is 2.53 bits per heavy atom. The van der Waals surface area contributed by atoms with Gasteiger partial charge in [-0.15, -0.1) is 0 Å². The highest BCUT2D eigenvalue weighted by atomic mass is 79.9. The maximum absolute atomic E-state index is 11.8. The molecule has 0 aliphatic heterocycles. The van der Waals surface area contributed by atoms with Gasteiger partial charge in [0.05, 0.1) is 18.5 Å². The molecule has 1 N–H and O–H groups in total. The summed E-state index contributed by atoms with van der Waals surface area (Å²) in [5, 5.41) is 2.59. The van der Waals surface area contributed by atoms with Gasteiger partial charge in [0.2, 0.25) is 15.9 Å². The average Bonchev–Trinajstić information content (AvgIpc) is 2.24. The summed E-state index contributed by atoms with van der Waals surface area (Å²) in [5.74, 6) is -0.180. The Morgan fingerprint density at radius 1 is 1.42 bits per heavy atom. The molecule has 1 aromatic carbocycles. The van der Waals surface area contributed by atoms with Crippen LogP contribution in [0, 0.1) is 6.92 Å². The monoisotopic (exact) mass is 348 g/mol. The van der Waals surface area contributed by atoms with Crippen molar-refractivity contribution in [1.82, 2.24) is 5.32 Å². The Kier molecular flexibility index (Phi) is 5.37. The van der Waals surface area contributed by atoms with Crippen molar-refractivity contribution in [2.75, 3.05) is 23.7 Å². The number of halogens is 1. The van der Waals surface area contributed by atoms with Gasteiger partial charge in [-0.1, -0.05) is 15.9 Å². The lowest BCUT2D eigenvalue weighted by atomic mass is 10.2. The topological polar surface area (TPSA) is 66.5 Å². The summed E-state index contributed by atoms with van der Waals surface area (Å²) in [6.45, 7) is 3.73. The standard InChI is InChI=1S/C12H17BrN2O3S/c1-9-8-11(13)4-5-12(9)15(19(3,17)18)7-6-14-10(2)16/h4-5,8H,6-7H2,1-3H3,(H,14,16). The van der Waals surface area contributed by atoms with Gasteiger partial charge in [-0.05, 0) is 30.7 Å². The quantitative estimate of drug-likeness (QED) is 0.879. The molecule has 0 aromatic heterocycles. The molecule has 5 nitrogen and oxygen atoms in total. The second-order valence-corrected chi connectivity index (χ2v) is 7.07. The van der Waals surface area contributed by atoms with E-state index in [0.29, 0.717) is 5.69 Å². The molecule has 1 amide bonds. The number of hydrogen-bond acceptors (Lipinski definition) is 3. The number of carbonyl (C=O) groups excluding carboxylic acids is 1. The fourth-order valence-corrected chi connectivity index (χ4v) is 3.16. The maximum atomic E-state index is 11.8. The van der Waals surface area contributed by atoms with Crippen LogP contribution in [-0.2, 0) is 14.8 Å². The molecule has 0 bridgehead atoms. The van der Waals surface area contributed by atoms with E-state index in [1.54, 1.807) is 12.1 Å². The highest BCUT2D eigenvalue weighted by Gasteiger charge is 2.18. The van der Waals surface area contributed by atoms with Crippen molar-refractivity contribution < 1.29 is 13.2 Å². The summed E-state index contributed by atoms with van der Waals surface area (Å²) >= 11 is 3.34. The minimum atomic E-state index is -3.38. The summed E-state index contributed by atoms with van der Waals surface area (Å²) in [6.07, 6.45) is 1.16. The molecule has 1 aromatic rings. The minimum absolute atomic E-state index is 0.180. The van der Waals surface area contributed by atoms with Crippen LogP contribution in [0.5, 0.6) is 0 Å². The number of anilines is 1. The van der Waals surface area contributed by atoms with Crippen LogP contribution in [0.2, 0.25) is 0 Å². The largest absolute Gasteiger partial charge is 0.355 e. The zero-order valence-corrected chi connectivity index (χ0v) is 13.5. The number of rotatable bonds is 5. The molecular formula is C12H17BrN2O3S. The van der Waals surface area contributed by atoms with Crippen molar-refractivity contribution in [3.63, 3.8) is 0 Å². The molecule has 0 aliphatic rings. The second-order valence-electron chi connectivity index (χ2n) is 4.25. The SMILES string of the molecule is CC(=O)NCCN(c1ccc(Br)cc1C)S(C)(=O)=O. The van der Waals surface area contributed by atoms with Crippen LogP contribution in [0.25, 0.3) is 0 Å². The molecule has 7 heteroatoms. The second kappa shape index (κ2) is 6.38. The van der Waals surface area contributed by atoms with Gasteiger partial charge < -0.3 is 5.32 Å². The smallest absolute Gasteiger partial charge is 0.232 e. The van der Waals surface area contributed by atoms with Crippen molar-refractivity contribution in [2.45, 2.75) is 13.8 Å². The van der Waals surface area contributed by atoms with Gasteiger partial charge in [-0.25, -0.2) is 8.42 Å². The van der Waals surface area contributed by atoms with E-state index in [9.17, 15) is 13.2 Å². The zero-order chi connectivity index (χ0) is 14.6. The van der Waals surface area contributed by atoms with Gasteiger partial charge in [0, 0.05) is 17.9 Å². The Bertz CT molecular complexity index is 572. The van der Waals surface area contributed by atoms with Crippen molar-refractivity contribution >= 4 is 37.5 Å². The molecule has 0 heterocycles. The van der Waals surface area contributed by atoms with Gasteiger partial charge in [0.15, 0.2) is 0 Å². The minimum Gasteiger partial charge on any atom is -0.355 e. The number of carbonyl (C=O) groups is 1. The van der Waals surface area contributed by atoms with Crippen LogP contribution in [0.3, 0.4) is 0 Å². The molecule has 0 saturated carbocycles. The average molecular weight is 349 g/mol. The van der Waals surface area contributed by atoms with E-state index >= 15 is 0 Å². The number of aryl methyl sites for hydroxylation is 1. The maximum Gasteiger partial charge on any atom is 0.232 e. The van der Waals surface area contributed by atoms with Crippen LogP contribution >= 0.6 is 15.9 Å². The summed E-state index contributed by atoms with van der Waals surface area (Å²) < 4.78 is 25.9.